The van der Waals surface area contributed by atoms with E-state index in [0.29, 0.717) is 58.0 Å². The fourth-order valence-electron chi connectivity index (χ4n) is 5.50. The molecule has 0 saturated carbocycles. The number of cyclic esters (lactones) is 1. The maximum atomic E-state index is 13.1. The van der Waals surface area contributed by atoms with Gasteiger partial charge < -0.3 is 35.5 Å². The maximum absolute atomic E-state index is 13.1. The van der Waals surface area contributed by atoms with E-state index in [1.54, 1.807) is 31.2 Å². The predicted octanol–water partition coefficient (Wildman–Crippen LogP) is 4.33. The monoisotopic (exact) mass is 805 g/mol. The van der Waals surface area contributed by atoms with E-state index in [1.807, 2.05) is 39.8 Å². The van der Waals surface area contributed by atoms with Crippen molar-refractivity contribution in [1.29, 1.82) is 0 Å². The van der Waals surface area contributed by atoms with Gasteiger partial charge in [0.05, 0.1) is 7.11 Å². The van der Waals surface area contributed by atoms with Gasteiger partial charge >= 0.3 is 12.1 Å². The van der Waals surface area contributed by atoms with Crippen LogP contribution in [-0.2, 0) is 43.0 Å². The molecule has 2 aliphatic rings. The van der Waals surface area contributed by atoms with Gasteiger partial charge in [-0.15, -0.1) is 5.92 Å². The molecule has 3 atom stereocenters. The van der Waals surface area contributed by atoms with Gasteiger partial charge in [-0.05, 0) is 50.8 Å². The van der Waals surface area contributed by atoms with Crippen molar-refractivity contribution >= 4 is 41.6 Å². The number of amides is 6. The van der Waals surface area contributed by atoms with E-state index in [9.17, 15) is 33.6 Å². The smallest absolute Gasteiger partial charge is 0.407 e. The van der Waals surface area contributed by atoms with Gasteiger partial charge in [-0.2, -0.15) is 0 Å². The van der Waals surface area contributed by atoms with Crippen molar-refractivity contribution in [2.75, 3.05) is 26.7 Å². The Balaban J connectivity index is 1.71. The second-order valence-electron chi connectivity index (χ2n) is 14.7. The number of carbonyl (C=O) groups is 7. The van der Waals surface area contributed by atoms with E-state index >= 15 is 0 Å². The van der Waals surface area contributed by atoms with Crippen LogP contribution in [0.1, 0.15) is 92.4 Å². The van der Waals surface area contributed by atoms with Crippen LogP contribution >= 0.6 is 0 Å². The van der Waals surface area contributed by atoms with Gasteiger partial charge in [-0.25, -0.2) is 9.59 Å². The second kappa shape index (κ2) is 26.1. The Hall–Kier alpha value is -5.91. The second-order valence-corrected chi connectivity index (χ2v) is 14.7. The summed E-state index contributed by atoms with van der Waals surface area (Å²) in [7, 11) is 1.43. The van der Waals surface area contributed by atoms with Gasteiger partial charge in [0, 0.05) is 70.0 Å². The lowest BCUT2D eigenvalue weighted by Crippen LogP contribution is -2.52. The van der Waals surface area contributed by atoms with Crippen molar-refractivity contribution < 1.29 is 47.8 Å². The third-order valence-electron chi connectivity index (χ3n) is 8.75. The van der Waals surface area contributed by atoms with Crippen LogP contribution in [0, 0.1) is 17.3 Å². The van der Waals surface area contributed by atoms with Crippen molar-refractivity contribution in [2.24, 2.45) is 5.41 Å². The van der Waals surface area contributed by atoms with Crippen molar-refractivity contribution in [3.05, 3.63) is 72.2 Å². The molecule has 15 nitrogen and oxygen atoms in total. The molecule has 2 aliphatic heterocycles. The summed E-state index contributed by atoms with van der Waals surface area (Å²) >= 11 is 0. The molecular weight excluding hydrogens is 746 g/mol. The molecule has 0 aliphatic carbocycles. The van der Waals surface area contributed by atoms with Crippen molar-refractivity contribution in [3.63, 3.8) is 0 Å². The van der Waals surface area contributed by atoms with Crippen molar-refractivity contribution in [2.45, 2.75) is 111 Å². The zero-order valence-corrected chi connectivity index (χ0v) is 34.5. The fourth-order valence-corrected chi connectivity index (χ4v) is 5.50. The predicted molar refractivity (Wildman–Crippen MR) is 218 cm³/mol. The molecule has 2 heterocycles. The van der Waals surface area contributed by atoms with Crippen LogP contribution in [-0.4, -0.2) is 91.5 Å². The van der Waals surface area contributed by atoms with E-state index in [0.717, 1.165) is 5.57 Å². The third kappa shape index (κ3) is 19.3. The van der Waals surface area contributed by atoms with Gasteiger partial charge in [0.2, 0.25) is 17.7 Å². The van der Waals surface area contributed by atoms with Crippen LogP contribution in [0.2, 0.25) is 0 Å². The van der Waals surface area contributed by atoms with E-state index < -0.39 is 41.4 Å². The van der Waals surface area contributed by atoms with Crippen LogP contribution in [0.5, 0.6) is 0 Å². The number of ether oxygens (including phenoxy) is 3. The normalized spacial score (nSPS) is 16.8. The van der Waals surface area contributed by atoms with Crippen LogP contribution in [0.4, 0.5) is 4.79 Å². The van der Waals surface area contributed by atoms with E-state index in [4.69, 9.17) is 14.2 Å². The highest BCUT2D eigenvalue weighted by atomic mass is 16.6. The topological polar surface area (TPSA) is 199 Å². The number of imide groups is 1. The first-order chi connectivity index (χ1) is 27.6. The molecule has 0 radical (unpaired) electrons. The first-order valence-electron chi connectivity index (χ1n) is 19.5. The molecule has 0 fully saturated rings. The van der Waals surface area contributed by atoms with Crippen LogP contribution < -0.4 is 21.3 Å². The number of alkyl carbamates (subject to hydrolysis) is 1. The van der Waals surface area contributed by atoms with Crippen LogP contribution in [0.15, 0.2) is 72.2 Å². The Kier molecular flexibility index (Phi) is 21.7. The molecule has 15 heteroatoms. The number of methoxy groups -OCH3 is 1. The first kappa shape index (κ1) is 48.2. The number of carbonyl (C=O) groups excluding carboxylic acids is 7. The highest BCUT2D eigenvalue weighted by Crippen LogP contribution is 2.20. The van der Waals surface area contributed by atoms with Gasteiger partial charge in [0.1, 0.15) is 18.2 Å². The maximum Gasteiger partial charge on any atom is 0.407 e. The summed E-state index contributed by atoms with van der Waals surface area (Å²) in [5, 5.41) is 10.9. The zero-order valence-electron chi connectivity index (χ0n) is 34.5. The number of unbranched alkanes of at least 4 members (excludes halogenated alkanes) is 2. The minimum atomic E-state index is -0.858. The Morgan fingerprint density at radius 2 is 1.71 bits per heavy atom. The Morgan fingerprint density at radius 3 is 2.38 bits per heavy atom. The average Bonchev–Trinajstić information content (AvgIpc) is 3.50. The van der Waals surface area contributed by atoms with Crippen molar-refractivity contribution in [3.8, 4) is 11.8 Å². The number of nitrogens with one attached hydrogen (secondary N) is 4. The van der Waals surface area contributed by atoms with Crippen molar-refractivity contribution in [1.82, 2.24) is 26.2 Å². The summed E-state index contributed by atoms with van der Waals surface area (Å²) in [6.07, 6.45) is 18.6. The highest BCUT2D eigenvalue weighted by Gasteiger charge is 2.32. The quantitative estimate of drug-likeness (QED) is 0.0288. The van der Waals surface area contributed by atoms with Gasteiger partial charge in [-0.1, -0.05) is 69.1 Å². The summed E-state index contributed by atoms with van der Waals surface area (Å²) in [5.41, 5.74) is 0.308. The highest BCUT2D eigenvalue weighted by molar-refractivity contribution is 6.12. The van der Waals surface area contributed by atoms with Gasteiger partial charge in [0.15, 0.2) is 5.76 Å². The number of hydrogen-bond acceptors (Lipinski definition) is 10. The lowest BCUT2D eigenvalue weighted by molar-refractivity contribution is -0.149. The van der Waals surface area contributed by atoms with Gasteiger partial charge in [0.25, 0.3) is 11.8 Å². The van der Waals surface area contributed by atoms with E-state index in [-0.39, 0.29) is 49.0 Å². The fraction of sp³-hybridized carbons (Fsp3) is 0.512. The summed E-state index contributed by atoms with van der Waals surface area (Å²) in [6.45, 7) is 10.1. The van der Waals surface area contributed by atoms with Crippen LogP contribution in [0.3, 0.4) is 0 Å². The first-order valence-corrected chi connectivity index (χ1v) is 19.5. The Bertz CT molecular complexity index is 1690. The number of hydrogen-bond donors (Lipinski definition) is 4. The minimum absolute atomic E-state index is 0.117. The molecule has 0 saturated heterocycles. The third-order valence-corrected chi connectivity index (χ3v) is 8.75. The summed E-state index contributed by atoms with van der Waals surface area (Å²) in [4.78, 5) is 86.6. The lowest BCUT2D eigenvalue weighted by atomic mass is 9.86. The summed E-state index contributed by atoms with van der Waals surface area (Å²) in [6, 6.07) is -0.858. The average molecular weight is 806 g/mol. The molecular formula is C43H59N5O10. The number of rotatable bonds is 23. The zero-order chi connectivity index (χ0) is 42.9. The SMILES string of the molecule is CC#CCC(C/C=C\NC(=O)C(NC(=O)\C=C/C=C\C(C)=C\CC1CC=C(OC)C(=O)O1)C(C)(C)C)OC(=O)NCCCNC(=O)CCCCCN1C(=O)C=CC1=O. The lowest BCUT2D eigenvalue weighted by Gasteiger charge is -2.29. The largest absolute Gasteiger partial charge is 0.490 e. The Morgan fingerprint density at radius 1 is 1.00 bits per heavy atom. The molecule has 2 rings (SSSR count). The van der Waals surface area contributed by atoms with E-state index in [2.05, 4.69) is 33.1 Å². The molecule has 0 spiro atoms. The molecule has 0 bridgehead atoms. The molecule has 0 aromatic carbocycles. The molecule has 0 aromatic rings. The molecule has 6 amide bonds. The number of allylic oxidation sites excluding steroid dienone is 4. The standard InChI is InChI=1S/C43H59N5O10/c1-7-8-17-32(58-42(55)46-29-15-28-44-35(49)19-10-9-13-30-48-37(51)25-26-38(48)52)18-14-27-45-40(53)39(43(3,4)5)47-36(50)20-12-11-16-31(2)21-22-33-23-24-34(56-6)41(54)57-33/h11-12,14,16,20-21,24-27,32-33,39H,9-10,13,15,17-19,22-23,28-30H2,1-6H3,(H,44,49)(H,45,53)(H,46,55)(H,47,50)/b16-11-,20-12-,27-14-,31-21+. The summed E-state index contributed by atoms with van der Waals surface area (Å²) < 4.78 is 15.8. The molecule has 58 heavy (non-hydrogen) atoms. The Labute approximate surface area is 341 Å². The molecule has 316 valence electrons. The van der Waals surface area contributed by atoms with E-state index in [1.165, 1.54) is 36.4 Å². The molecule has 3 unspecified atom stereocenters. The summed E-state index contributed by atoms with van der Waals surface area (Å²) in [5.74, 6) is 3.82. The molecule has 4 N–H and O–H groups in total. The molecule has 0 aromatic heterocycles. The van der Waals surface area contributed by atoms with Gasteiger partial charge in [-0.3, -0.25) is 28.9 Å². The number of esters is 1. The van der Waals surface area contributed by atoms with Crippen LogP contribution in [0.25, 0.3) is 0 Å². The minimum Gasteiger partial charge on any atom is -0.490 e. The number of nitrogens with zero attached hydrogens (tertiary/aromatic N) is 1.